The molecule has 0 saturated heterocycles. The van der Waals surface area contributed by atoms with Crippen LogP contribution in [0.1, 0.15) is 24.2 Å². The molecule has 1 aromatic carbocycles. The van der Waals surface area contributed by atoms with Crippen LogP contribution in [0.4, 0.5) is 0 Å². The third kappa shape index (κ3) is 3.10. The molecule has 0 saturated carbocycles. The fourth-order valence-electron chi connectivity index (χ4n) is 1.17. The normalized spacial score (nSPS) is 10.4. The molecule has 0 heterocycles. The predicted molar refractivity (Wildman–Crippen MR) is 62.4 cm³/mol. The van der Waals surface area contributed by atoms with Crippen molar-refractivity contribution >= 4 is 23.3 Å². The van der Waals surface area contributed by atoms with Gasteiger partial charge in [-0.2, -0.15) is 0 Å². The van der Waals surface area contributed by atoms with Gasteiger partial charge >= 0.3 is 0 Å². The third-order valence-corrected chi connectivity index (χ3v) is 2.22. The summed E-state index contributed by atoms with van der Waals surface area (Å²) in [6.45, 7) is 3.43. The molecule has 0 aromatic heterocycles. The van der Waals surface area contributed by atoms with Gasteiger partial charge in [0.2, 0.25) is 5.78 Å². The van der Waals surface area contributed by atoms with Crippen molar-refractivity contribution in [1.29, 1.82) is 0 Å². The second-order valence-electron chi connectivity index (χ2n) is 3.78. The van der Waals surface area contributed by atoms with Crippen molar-refractivity contribution in [2.75, 3.05) is 0 Å². The lowest BCUT2D eigenvalue weighted by molar-refractivity contribution is -0.117. The highest BCUT2D eigenvalue weighted by Crippen LogP contribution is 2.34. The maximum atomic E-state index is 11.6. The van der Waals surface area contributed by atoms with Crippen LogP contribution in [0.2, 0.25) is 5.02 Å². The van der Waals surface area contributed by atoms with Crippen LogP contribution >= 0.6 is 11.6 Å². The molecule has 3 N–H and O–H groups in total. The molecule has 6 heteroatoms. The molecule has 0 atom stereocenters. The molecule has 0 radical (unpaired) electrons. The fourth-order valence-corrected chi connectivity index (χ4v) is 1.39. The van der Waals surface area contributed by atoms with Gasteiger partial charge in [0.25, 0.3) is 5.91 Å². The minimum Gasteiger partial charge on any atom is -0.504 e. The number of rotatable bonds is 3. The van der Waals surface area contributed by atoms with Crippen molar-refractivity contribution in [3.63, 3.8) is 0 Å². The molecule has 1 amide bonds. The summed E-state index contributed by atoms with van der Waals surface area (Å²) in [5.74, 6) is -2.68. The number of Topliss-reactive ketones (excluding diaryl/α,β-unsaturated/α-hetero) is 1. The lowest BCUT2D eigenvalue weighted by Crippen LogP contribution is -2.35. The number of carbonyl (C=O) groups is 2. The first-order chi connectivity index (χ1) is 7.82. The van der Waals surface area contributed by atoms with E-state index in [0.717, 1.165) is 12.1 Å². The molecule has 5 nitrogen and oxygen atoms in total. The van der Waals surface area contributed by atoms with Gasteiger partial charge in [0.1, 0.15) is 0 Å². The number of benzene rings is 1. The number of amides is 1. The molecule has 0 fully saturated rings. The summed E-state index contributed by atoms with van der Waals surface area (Å²) in [5, 5.41) is 20.7. The zero-order chi connectivity index (χ0) is 13.2. The fraction of sp³-hybridized carbons (Fsp3) is 0.273. The van der Waals surface area contributed by atoms with Crippen molar-refractivity contribution < 1.29 is 19.8 Å². The van der Waals surface area contributed by atoms with E-state index in [1.165, 1.54) is 0 Å². The summed E-state index contributed by atoms with van der Waals surface area (Å²) in [6, 6.07) is 1.94. The minimum absolute atomic E-state index is 0.0801. The van der Waals surface area contributed by atoms with Gasteiger partial charge in [-0.15, -0.1) is 0 Å². The number of ketones is 1. The number of hydrogen-bond donors (Lipinski definition) is 3. The van der Waals surface area contributed by atoms with Crippen molar-refractivity contribution in [2.45, 2.75) is 19.9 Å². The summed E-state index contributed by atoms with van der Waals surface area (Å²) in [7, 11) is 0. The second-order valence-corrected chi connectivity index (χ2v) is 4.19. The first-order valence-electron chi connectivity index (χ1n) is 4.89. The topological polar surface area (TPSA) is 86.6 Å². The van der Waals surface area contributed by atoms with Crippen LogP contribution in [-0.4, -0.2) is 27.9 Å². The Balaban J connectivity index is 3.01. The predicted octanol–water partition coefficient (Wildman–Crippen LogP) is 1.46. The summed E-state index contributed by atoms with van der Waals surface area (Å²) in [6.07, 6.45) is 0. The number of hydrogen-bond acceptors (Lipinski definition) is 4. The van der Waals surface area contributed by atoms with Gasteiger partial charge in [-0.25, -0.2) is 0 Å². The van der Waals surface area contributed by atoms with E-state index in [4.69, 9.17) is 11.6 Å². The van der Waals surface area contributed by atoms with E-state index < -0.39 is 23.2 Å². The molecule has 0 aliphatic heterocycles. The van der Waals surface area contributed by atoms with E-state index in [2.05, 4.69) is 5.32 Å². The van der Waals surface area contributed by atoms with E-state index >= 15 is 0 Å². The van der Waals surface area contributed by atoms with E-state index in [0.29, 0.717) is 0 Å². The lowest BCUT2D eigenvalue weighted by atomic mass is 10.1. The molecule has 0 aliphatic rings. The van der Waals surface area contributed by atoms with Crippen molar-refractivity contribution in [2.24, 2.45) is 0 Å². The van der Waals surface area contributed by atoms with Crippen LogP contribution in [0.25, 0.3) is 0 Å². The Bertz CT molecular complexity index is 448. The van der Waals surface area contributed by atoms with Crippen molar-refractivity contribution in [3.8, 4) is 11.5 Å². The molecule has 0 bridgehead atoms. The Kier molecular flexibility index (Phi) is 3.96. The lowest BCUT2D eigenvalue weighted by Gasteiger charge is -2.08. The molecule has 0 spiro atoms. The number of halogens is 1. The van der Waals surface area contributed by atoms with Crippen LogP contribution in [-0.2, 0) is 4.79 Å². The van der Waals surface area contributed by atoms with Crippen LogP contribution < -0.4 is 5.32 Å². The highest BCUT2D eigenvalue weighted by Gasteiger charge is 2.19. The van der Waals surface area contributed by atoms with Gasteiger partial charge in [0.15, 0.2) is 11.5 Å². The van der Waals surface area contributed by atoms with Gasteiger partial charge in [-0.3, -0.25) is 9.59 Å². The molecule has 92 valence electrons. The molecule has 17 heavy (non-hydrogen) atoms. The SMILES string of the molecule is CC(C)NC(=O)C(=O)c1cc(O)c(O)c(Cl)c1. The second kappa shape index (κ2) is 5.05. The Labute approximate surface area is 103 Å². The first-order valence-corrected chi connectivity index (χ1v) is 5.27. The molecular formula is C11H12ClNO4. The summed E-state index contributed by atoms with van der Waals surface area (Å²) in [5.41, 5.74) is -0.0801. The largest absolute Gasteiger partial charge is 0.504 e. The molecular weight excluding hydrogens is 246 g/mol. The Morgan fingerprint density at radius 3 is 2.35 bits per heavy atom. The number of aromatic hydroxyl groups is 2. The van der Waals surface area contributed by atoms with Gasteiger partial charge in [0, 0.05) is 11.6 Å². The molecule has 0 unspecified atom stereocenters. The van der Waals surface area contributed by atoms with Gasteiger partial charge in [-0.1, -0.05) is 11.6 Å². The highest BCUT2D eigenvalue weighted by atomic mass is 35.5. The van der Waals surface area contributed by atoms with Crippen LogP contribution in [0, 0.1) is 0 Å². The quantitative estimate of drug-likeness (QED) is 0.435. The third-order valence-electron chi connectivity index (χ3n) is 1.93. The number of nitrogens with one attached hydrogen (secondary N) is 1. The molecule has 0 aliphatic carbocycles. The van der Waals surface area contributed by atoms with E-state index in [1.807, 2.05) is 0 Å². The zero-order valence-electron chi connectivity index (χ0n) is 9.32. The Hall–Kier alpha value is -1.75. The minimum atomic E-state index is -0.823. The molecule has 1 rings (SSSR count). The monoisotopic (exact) mass is 257 g/mol. The van der Waals surface area contributed by atoms with Crippen LogP contribution in [0.15, 0.2) is 12.1 Å². The van der Waals surface area contributed by atoms with Gasteiger partial charge < -0.3 is 15.5 Å². The maximum absolute atomic E-state index is 11.6. The number of phenols is 2. The standard InChI is InChI=1S/C11H12ClNO4/c1-5(2)13-11(17)9(15)6-3-7(12)10(16)8(14)4-6/h3-5,14,16H,1-2H3,(H,13,17). The van der Waals surface area contributed by atoms with Crippen LogP contribution in [0.5, 0.6) is 11.5 Å². The maximum Gasteiger partial charge on any atom is 0.292 e. The Morgan fingerprint density at radius 2 is 1.88 bits per heavy atom. The van der Waals surface area contributed by atoms with Crippen molar-refractivity contribution in [3.05, 3.63) is 22.7 Å². The highest BCUT2D eigenvalue weighted by molar-refractivity contribution is 6.43. The first kappa shape index (κ1) is 13.3. The smallest absolute Gasteiger partial charge is 0.292 e. The van der Waals surface area contributed by atoms with Crippen molar-refractivity contribution in [1.82, 2.24) is 5.32 Å². The zero-order valence-corrected chi connectivity index (χ0v) is 10.1. The summed E-state index contributed by atoms with van der Waals surface area (Å²) < 4.78 is 0. The van der Waals surface area contributed by atoms with E-state index in [1.54, 1.807) is 13.8 Å². The van der Waals surface area contributed by atoms with Gasteiger partial charge in [0.05, 0.1) is 5.02 Å². The van der Waals surface area contributed by atoms with Gasteiger partial charge in [-0.05, 0) is 26.0 Å². The van der Waals surface area contributed by atoms with E-state index in [9.17, 15) is 19.8 Å². The van der Waals surface area contributed by atoms with E-state index in [-0.39, 0.29) is 16.6 Å². The molecule has 1 aromatic rings. The number of phenolic OH excluding ortho intramolecular Hbond substituents is 2. The summed E-state index contributed by atoms with van der Waals surface area (Å²) in [4.78, 5) is 23.0. The van der Waals surface area contributed by atoms with Crippen LogP contribution in [0.3, 0.4) is 0 Å². The Morgan fingerprint density at radius 1 is 1.29 bits per heavy atom. The number of carbonyl (C=O) groups excluding carboxylic acids is 2. The average Bonchev–Trinajstić information content (AvgIpc) is 2.23. The summed E-state index contributed by atoms with van der Waals surface area (Å²) >= 11 is 5.58. The average molecular weight is 258 g/mol.